The van der Waals surface area contributed by atoms with E-state index in [1.807, 2.05) is 60.7 Å². The van der Waals surface area contributed by atoms with Gasteiger partial charge in [0.25, 0.3) is 0 Å². The molecule has 0 spiro atoms. The van der Waals surface area contributed by atoms with Crippen molar-refractivity contribution >= 4 is 29.0 Å². The third kappa shape index (κ3) is 6.31. The molecule has 150 valence electrons. The fourth-order valence-corrected chi connectivity index (χ4v) is 2.81. The van der Waals surface area contributed by atoms with E-state index < -0.39 is 0 Å². The van der Waals surface area contributed by atoms with Crippen molar-refractivity contribution in [1.29, 1.82) is 0 Å². The molecule has 0 saturated carbocycles. The Labute approximate surface area is 171 Å². The molecule has 0 aliphatic carbocycles. The first-order valence-corrected chi connectivity index (χ1v) is 9.82. The van der Waals surface area contributed by atoms with E-state index in [9.17, 15) is 4.79 Å². The minimum Gasteiger partial charge on any atom is -0.370 e. The summed E-state index contributed by atoms with van der Waals surface area (Å²) >= 11 is 0. The second-order valence-corrected chi connectivity index (χ2v) is 7.32. The van der Waals surface area contributed by atoms with Crippen molar-refractivity contribution in [3.05, 3.63) is 60.7 Å². The Morgan fingerprint density at radius 1 is 0.966 bits per heavy atom. The summed E-state index contributed by atoms with van der Waals surface area (Å²) in [7, 11) is 0. The summed E-state index contributed by atoms with van der Waals surface area (Å²) in [5.74, 6) is 1.84. The first-order valence-electron chi connectivity index (χ1n) is 9.82. The highest BCUT2D eigenvalue weighted by atomic mass is 16.1. The zero-order valence-corrected chi connectivity index (χ0v) is 17.1. The van der Waals surface area contributed by atoms with Crippen molar-refractivity contribution in [2.24, 2.45) is 5.92 Å². The number of hydrogen-bond donors (Lipinski definition) is 3. The van der Waals surface area contributed by atoms with E-state index in [1.165, 1.54) is 6.92 Å². The summed E-state index contributed by atoms with van der Waals surface area (Å²) in [6.07, 6.45) is 1.07. The summed E-state index contributed by atoms with van der Waals surface area (Å²) in [4.78, 5) is 20.5. The Bertz CT molecular complexity index is 939. The van der Waals surface area contributed by atoms with Crippen molar-refractivity contribution in [1.82, 2.24) is 9.97 Å². The van der Waals surface area contributed by atoms with Crippen LogP contribution in [0.5, 0.6) is 0 Å². The van der Waals surface area contributed by atoms with Crippen molar-refractivity contribution in [3.63, 3.8) is 0 Å². The predicted octanol–water partition coefficient (Wildman–Crippen LogP) is 5.30. The van der Waals surface area contributed by atoms with Gasteiger partial charge >= 0.3 is 0 Å². The summed E-state index contributed by atoms with van der Waals surface area (Å²) in [6, 6.07) is 19.5. The second kappa shape index (κ2) is 9.68. The number of anilines is 4. The molecule has 0 bridgehead atoms. The molecule has 3 rings (SSSR count). The molecule has 0 fully saturated rings. The summed E-state index contributed by atoms with van der Waals surface area (Å²) in [5, 5.41) is 9.42. The quantitative estimate of drug-likeness (QED) is 0.487. The molecule has 0 unspecified atom stereocenters. The van der Waals surface area contributed by atoms with Gasteiger partial charge in [-0.05, 0) is 36.6 Å². The van der Waals surface area contributed by atoms with E-state index in [1.54, 1.807) is 0 Å². The van der Waals surface area contributed by atoms with E-state index >= 15 is 0 Å². The van der Waals surface area contributed by atoms with Crippen LogP contribution >= 0.6 is 0 Å². The van der Waals surface area contributed by atoms with Crippen LogP contribution in [0.25, 0.3) is 11.3 Å². The van der Waals surface area contributed by atoms with Crippen LogP contribution in [0.3, 0.4) is 0 Å². The fourth-order valence-electron chi connectivity index (χ4n) is 2.81. The maximum absolute atomic E-state index is 11.2. The number of nitrogens with one attached hydrogen (secondary N) is 3. The molecule has 6 heteroatoms. The molecule has 0 aliphatic rings. The Kier molecular flexibility index (Phi) is 6.79. The lowest BCUT2D eigenvalue weighted by atomic mass is 10.1. The van der Waals surface area contributed by atoms with Gasteiger partial charge in [0, 0.05) is 36.5 Å². The van der Waals surface area contributed by atoms with Gasteiger partial charge in [0.2, 0.25) is 11.9 Å². The standard InChI is InChI=1S/C23H27N5O/c1-16(2)13-14-24-22-15-21(18-7-5-4-6-8-18)27-23(28-22)26-20-11-9-19(10-12-20)25-17(3)29/h4-12,15-16H,13-14H2,1-3H3,(H,25,29)(H2,24,26,27,28). The van der Waals surface area contributed by atoms with E-state index in [0.29, 0.717) is 11.9 Å². The fraction of sp³-hybridized carbons (Fsp3) is 0.261. The van der Waals surface area contributed by atoms with Crippen LogP contribution in [-0.2, 0) is 4.79 Å². The molecule has 29 heavy (non-hydrogen) atoms. The van der Waals surface area contributed by atoms with Gasteiger partial charge < -0.3 is 16.0 Å². The third-order valence-corrected chi connectivity index (χ3v) is 4.28. The number of carbonyl (C=O) groups is 1. The second-order valence-electron chi connectivity index (χ2n) is 7.32. The van der Waals surface area contributed by atoms with Crippen molar-refractivity contribution in [2.45, 2.75) is 27.2 Å². The lowest BCUT2D eigenvalue weighted by Gasteiger charge is -2.12. The van der Waals surface area contributed by atoms with Crippen molar-refractivity contribution in [2.75, 3.05) is 22.5 Å². The Morgan fingerprint density at radius 3 is 2.31 bits per heavy atom. The molecule has 1 heterocycles. The Hall–Kier alpha value is -3.41. The predicted molar refractivity (Wildman–Crippen MR) is 119 cm³/mol. The van der Waals surface area contributed by atoms with Crippen LogP contribution in [0.1, 0.15) is 27.2 Å². The summed E-state index contributed by atoms with van der Waals surface area (Å²) in [5.41, 5.74) is 3.48. The average Bonchev–Trinajstić information content (AvgIpc) is 2.69. The molecule has 6 nitrogen and oxygen atoms in total. The summed E-state index contributed by atoms with van der Waals surface area (Å²) in [6.45, 7) is 6.75. The van der Waals surface area contributed by atoms with Gasteiger partial charge in [-0.2, -0.15) is 4.98 Å². The molecular weight excluding hydrogens is 362 g/mol. The van der Waals surface area contributed by atoms with Crippen LogP contribution in [0.4, 0.5) is 23.1 Å². The van der Waals surface area contributed by atoms with Crippen LogP contribution in [0.15, 0.2) is 60.7 Å². The van der Waals surface area contributed by atoms with Crippen LogP contribution in [0, 0.1) is 5.92 Å². The monoisotopic (exact) mass is 389 g/mol. The van der Waals surface area contributed by atoms with Gasteiger partial charge in [0.15, 0.2) is 0 Å². The minimum absolute atomic E-state index is 0.0956. The lowest BCUT2D eigenvalue weighted by molar-refractivity contribution is -0.114. The van der Waals surface area contributed by atoms with Gasteiger partial charge in [-0.1, -0.05) is 44.2 Å². The molecule has 0 saturated heterocycles. The SMILES string of the molecule is CC(=O)Nc1ccc(Nc2nc(NCCC(C)C)cc(-c3ccccc3)n2)cc1. The highest BCUT2D eigenvalue weighted by molar-refractivity contribution is 5.88. The first-order chi connectivity index (χ1) is 14.0. The maximum atomic E-state index is 11.2. The molecule has 3 aromatic rings. The van der Waals surface area contributed by atoms with Crippen LogP contribution in [-0.4, -0.2) is 22.4 Å². The van der Waals surface area contributed by atoms with Gasteiger partial charge in [-0.15, -0.1) is 0 Å². The minimum atomic E-state index is -0.0956. The molecule has 1 aromatic heterocycles. The van der Waals surface area contributed by atoms with E-state index in [2.05, 4.69) is 39.8 Å². The van der Waals surface area contributed by atoms with E-state index in [-0.39, 0.29) is 5.91 Å². The molecular formula is C23H27N5O. The number of aromatic nitrogens is 2. The van der Waals surface area contributed by atoms with Crippen molar-refractivity contribution in [3.8, 4) is 11.3 Å². The van der Waals surface area contributed by atoms with E-state index in [0.717, 1.165) is 41.4 Å². The third-order valence-electron chi connectivity index (χ3n) is 4.28. The topological polar surface area (TPSA) is 78.9 Å². The number of benzene rings is 2. The molecule has 0 atom stereocenters. The normalized spacial score (nSPS) is 10.6. The molecule has 0 radical (unpaired) electrons. The lowest BCUT2D eigenvalue weighted by Crippen LogP contribution is -2.08. The van der Waals surface area contributed by atoms with Gasteiger partial charge in [-0.3, -0.25) is 4.79 Å². The highest BCUT2D eigenvalue weighted by Gasteiger charge is 2.08. The number of rotatable bonds is 8. The Balaban J connectivity index is 1.83. The average molecular weight is 390 g/mol. The number of nitrogens with zero attached hydrogens (tertiary/aromatic N) is 2. The molecule has 1 amide bonds. The smallest absolute Gasteiger partial charge is 0.229 e. The van der Waals surface area contributed by atoms with Crippen LogP contribution < -0.4 is 16.0 Å². The molecule has 0 aliphatic heterocycles. The van der Waals surface area contributed by atoms with Crippen molar-refractivity contribution < 1.29 is 4.79 Å². The molecule has 2 aromatic carbocycles. The number of carbonyl (C=O) groups excluding carboxylic acids is 1. The molecule has 3 N–H and O–H groups in total. The van der Waals surface area contributed by atoms with Crippen LogP contribution in [0.2, 0.25) is 0 Å². The highest BCUT2D eigenvalue weighted by Crippen LogP contribution is 2.24. The maximum Gasteiger partial charge on any atom is 0.229 e. The zero-order valence-electron chi connectivity index (χ0n) is 17.1. The first kappa shape index (κ1) is 20.3. The Morgan fingerprint density at radius 2 is 1.66 bits per heavy atom. The largest absolute Gasteiger partial charge is 0.370 e. The number of hydrogen-bond acceptors (Lipinski definition) is 5. The zero-order chi connectivity index (χ0) is 20.6. The van der Waals surface area contributed by atoms with Gasteiger partial charge in [0.05, 0.1) is 5.69 Å². The number of amides is 1. The summed E-state index contributed by atoms with van der Waals surface area (Å²) < 4.78 is 0. The van der Waals surface area contributed by atoms with E-state index in [4.69, 9.17) is 0 Å². The van der Waals surface area contributed by atoms with Gasteiger partial charge in [-0.25, -0.2) is 4.98 Å². The van der Waals surface area contributed by atoms with Gasteiger partial charge in [0.1, 0.15) is 5.82 Å².